The number of nitrogens with zero attached hydrogens (tertiary/aromatic N) is 4. The van der Waals surface area contributed by atoms with Crippen molar-refractivity contribution in [3.8, 4) is 0 Å². The Morgan fingerprint density at radius 3 is 2.62 bits per heavy atom. The molecule has 2 heterocycles. The summed E-state index contributed by atoms with van der Waals surface area (Å²) in [4.78, 5) is 14.1. The summed E-state index contributed by atoms with van der Waals surface area (Å²) in [6.07, 6.45) is 3.61. The van der Waals surface area contributed by atoms with Crippen LogP contribution in [0.3, 0.4) is 0 Å². The molecule has 0 bridgehead atoms. The second-order valence-electron chi connectivity index (χ2n) is 7.63. The van der Waals surface area contributed by atoms with Gasteiger partial charge in [0, 0.05) is 33.3 Å². The predicted molar refractivity (Wildman–Crippen MR) is 107 cm³/mol. The molecule has 1 aromatic carbocycles. The highest BCUT2D eigenvalue weighted by Crippen LogP contribution is 2.23. The lowest BCUT2D eigenvalue weighted by Gasteiger charge is -2.25. The van der Waals surface area contributed by atoms with E-state index in [-0.39, 0.29) is 6.04 Å². The van der Waals surface area contributed by atoms with Crippen LogP contribution in [0, 0.1) is 6.92 Å². The Kier molecular flexibility index (Phi) is 6.22. The van der Waals surface area contributed by atoms with Gasteiger partial charge in [0.1, 0.15) is 11.6 Å². The van der Waals surface area contributed by atoms with E-state index in [1.54, 1.807) is 0 Å². The maximum Gasteiger partial charge on any atom is 0.147 e. The fourth-order valence-electron chi connectivity index (χ4n) is 3.50. The lowest BCUT2D eigenvalue weighted by Crippen LogP contribution is -2.29. The average Bonchev–Trinajstić information content (AvgIpc) is 2.62. The quantitative estimate of drug-likeness (QED) is 0.863. The minimum absolute atomic E-state index is 0.282. The minimum Gasteiger partial charge on any atom is -0.363 e. The van der Waals surface area contributed by atoms with E-state index in [1.807, 2.05) is 14.1 Å². The number of aromatic nitrogens is 2. The number of benzene rings is 1. The third kappa shape index (κ3) is 5.02. The number of aryl methyl sites for hydroxylation is 1. The summed E-state index contributed by atoms with van der Waals surface area (Å²) in [5, 5.41) is 3.57. The van der Waals surface area contributed by atoms with Crippen LogP contribution in [0.5, 0.6) is 0 Å². The Morgan fingerprint density at radius 2 is 1.92 bits per heavy atom. The first-order chi connectivity index (χ1) is 12.5. The standard InChI is InChI=1S/C21H31N5/c1-16-8-7-9-17(12-16)14-26(4)15-18-13-20(25(2)3)24-21(23-18)19-10-5-6-11-22-19/h7-9,12-13,19,22H,5-6,10-11,14-15H2,1-4H3/t19-/m0/s1. The molecule has 0 amide bonds. The second kappa shape index (κ2) is 8.60. The van der Waals surface area contributed by atoms with Gasteiger partial charge in [0.05, 0.1) is 11.7 Å². The molecule has 1 saturated heterocycles. The first-order valence-corrected chi connectivity index (χ1v) is 9.54. The molecule has 1 aliphatic heterocycles. The minimum atomic E-state index is 0.282. The number of nitrogens with one attached hydrogen (secondary N) is 1. The van der Waals surface area contributed by atoms with E-state index in [0.717, 1.165) is 43.4 Å². The van der Waals surface area contributed by atoms with E-state index >= 15 is 0 Å². The van der Waals surface area contributed by atoms with Gasteiger partial charge in [0.15, 0.2) is 0 Å². The molecule has 1 N–H and O–H groups in total. The van der Waals surface area contributed by atoms with E-state index in [0.29, 0.717) is 0 Å². The van der Waals surface area contributed by atoms with Crippen LogP contribution in [-0.4, -0.2) is 42.6 Å². The van der Waals surface area contributed by atoms with E-state index in [2.05, 4.69) is 59.4 Å². The van der Waals surface area contributed by atoms with Gasteiger partial charge in [-0.3, -0.25) is 4.90 Å². The molecule has 26 heavy (non-hydrogen) atoms. The van der Waals surface area contributed by atoms with Crippen LogP contribution in [0.2, 0.25) is 0 Å². The third-order valence-electron chi connectivity index (χ3n) is 4.83. The summed E-state index contributed by atoms with van der Waals surface area (Å²) in [5.74, 6) is 1.93. The first-order valence-electron chi connectivity index (χ1n) is 9.54. The van der Waals surface area contributed by atoms with Crippen LogP contribution in [0.15, 0.2) is 30.3 Å². The summed E-state index contributed by atoms with van der Waals surface area (Å²) >= 11 is 0. The van der Waals surface area contributed by atoms with E-state index in [9.17, 15) is 0 Å². The molecular weight excluding hydrogens is 322 g/mol. The molecule has 0 unspecified atom stereocenters. The Hall–Kier alpha value is -1.98. The van der Waals surface area contributed by atoms with Gasteiger partial charge in [-0.2, -0.15) is 0 Å². The number of rotatable bonds is 6. The van der Waals surface area contributed by atoms with E-state index in [1.165, 1.54) is 24.0 Å². The van der Waals surface area contributed by atoms with Gasteiger partial charge in [-0.1, -0.05) is 36.2 Å². The highest BCUT2D eigenvalue weighted by atomic mass is 15.2. The van der Waals surface area contributed by atoms with Gasteiger partial charge in [-0.25, -0.2) is 9.97 Å². The maximum absolute atomic E-state index is 4.90. The van der Waals surface area contributed by atoms with Crippen LogP contribution < -0.4 is 10.2 Å². The normalized spacial score (nSPS) is 17.5. The molecule has 140 valence electrons. The Morgan fingerprint density at radius 1 is 1.08 bits per heavy atom. The molecule has 1 atom stereocenters. The fraction of sp³-hybridized carbons (Fsp3) is 0.524. The summed E-state index contributed by atoms with van der Waals surface area (Å²) in [5.41, 5.74) is 3.73. The molecular formula is C21H31N5. The molecule has 0 saturated carbocycles. The second-order valence-corrected chi connectivity index (χ2v) is 7.63. The SMILES string of the molecule is Cc1cccc(CN(C)Cc2cc(N(C)C)nc([C@@H]3CCCCN3)n2)c1. The number of piperidine rings is 1. The molecule has 1 aromatic heterocycles. The van der Waals surface area contributed by atoms with Gasteiger partial charge in [-0.05, 0) is 38.9 Å². The lowest BCUT2D eigenvalue weighted by molar-refractivity contribution is 0.313. The molecule has 0 aliphatic carbocycles. The lowest BCUT2D eigenvalue weighted by atomic mass is 10.0. The molecule has 2 aromatic rings. The van der Waals surface area contributed by atoms with Crippen LogP contribution in [0.4, 0.5) is 5.82 Å². The monoisotopic (exact) mass is 353 g/mol. The van der Waals surface area contributed by atoms with Crippen LogP contribution in [-0.2, 0) is 13.1 Å². The zero-order valence-electron chi connectivity index (χ0n) is 16.5. The first kappa shape index (κ1) is 18.8. The summed E-state index contributed by atoms with van der Waals surface area (Å²) < 4.78 is 0. The van der Waals surface area contributed by atoms with Crippen molar-refractivity contribution >= 4 is 5.82 Å². The fourth-order valence-corrected chi connectivity index (χ4v) is 3.50. The van der Waals surface area contributed by atoms with Crippen LogP contribution >= 0.6 is 0 Å². The topological polar surface area (TPSA) is 44.3 Å². The Bertz CT molecular complexity index is 722. The van der Waals surface area contributed by atoms with E-state index in [4.69, 9.17) is 9.97 Å². The van der Waals surface area contributed by atoms with Crippen molar-refractivity contribution in [2.24, 2.45) is 0 Å². The van der Waals surface area contributed by atoms with Crippen molar-refractivity contribution in [2.45, 2.75) is 45.3 Å². The Labute approximate surface area is 157 Å². The van der Waals surface area contributed by atoms with Gasteiger partial charge >= 0.3 is 0 Å². The average molecular weight is 354 g/mol. The van der Waals surface area contributed by atoms with Gasteiger partial charge in [0.2, 0.25) is 0 Å². The summed E-state index contributed by atoms with van der Waals surface area (Å²) in [6, 6.07) is 11.1. The van der Waals surface area contributed by atoms with Crippen LogP contribution in [0.25, 0.3) is 0 Å². The van der Waals surface area contributed by atoms with Gasteiger partial charge in [0.25, 0.3) is 0 Å². The highest BCUT2D eigenvalue weighted by Gasteiger charge is 2.19. The molecule has 0 spiro atoms. The number of hydrogen-bond donors (Lipinski definition) is 1. The Balaban J connectivity index is 1.76. The van der Waals surface area contributed by atoms with Crippen molar-refractivity contribution in [2.75, 3.05) is 32.6 Å². The largest absolute Gasteiger partial charge is 0.363 e. The van der Waals surface area contributed by atoms with Crippen molar-refractivity contribution < 1.29 is 0 Å². The van der Waals surface area contributed by atoms with Gasteiger partial charge in [-0.15, -0.1) is 0 Å². The highest BCUT2D eigenvalue weighted by molar-refractivity contribution is 5.38. The molecule has 3 rings (SSSR count). The zero-order chi connectivity index (χ0) is 18.5. The van der Waals surface area contributed by atoms with E-state index < -0.39 is 0 Å². The zero-order valence-corrected chi connectivity index (χ0v) is 16.5. The smallest absolute Gasteiger partial charge is 0.147 e. The van der Waals surface area contributed by atoms with Gasteiger partial charge < -0.3 is 10.2 Å². The molecule has 5 heteroatoms. The summed E-state index contributed by atoms with van der Waals surface area (Å²) in [7, 11) is 6.24. The van der Waals surface area contributed by atoms with Crippen molar-refractivity contribution in [1.29, 1.82) is 0 Å². The molecule has 0 radical (unpaired) electrons. The maximum atomic E-state index is 4.90. The van der Waals surface area contributed by atoms with Crippen LogP contribution in [0.1, 0.15) is 47.9 Å². The van der Waals surface area contributed by atoms with Crippen molar-refractivity contribution in [1.82, 2.24) is 20.2 Å². The van der Waals surface area contributed by atoms with Crippen molar-refractivity contribution in [3.05, 3.63) is 53.0 Å². The third-order valence-corrected chi connectivity index (χ3v) is 4.83. The number of anilines is 1. The molecule has 1 fully saturated rings. The summed E-state index contributed by atoms with van der Waals surface area (Å²) in [6.45, 7) is 4.93. The predicted octanol–water partition coefficient (Wildman–Crippen LogP) is 3.30. The molecule has 1 aliphatic rings. The van der Waals surface area contributed by atoms with Crippen molar-refractivity contribution in [3.63, 3.8) is 0 Å². The number of hydrogen-bond acceptors (Lipinski definition) is 5. The molecule has 5 nitrogen and oxygen atoms in total.